The summed E-state index contributed by atoms with van der Waals surface area (Å²) in [6, 6.07) is 9.34. The molecule has 1 aromatic carbocycles. The monoisotopic (exact) mass is 193 g/mol. The number of hydrogen-bond acceptors (Lipinski definition) is 3. The van der Waals surface area contributed by atoms with Crippen LogP contribution in [-0.4, -0.2) is 37.4 Å². The van der Waals surface area contributed by atoms with Gasteiger partial charge in [0.05, 0.1) is 6.23 Å². The molecule has 14 heavy (non-hydrogen) atoms. The summed E-state index contributed by atoms with van der Waals surface area (Å²) in [7, 11) is 2.96. The maximum absolute atomic E-state index is 9.69. The molecule has 0 amide bonds. The molecule has 0 aliphatic carbocycles. The van der Waals surface area contributed by atoms with Crippen LogP contribution >= 0.6 is 0 Å². The molecule has 0 aliphatic heterocycles. The molecular formula is C10H16BNO2. The van der Waals surface area contributed by atoms with Gasteiger partial charge in [-0.2, -0.15) is 0 Å². The van der Waals surface area contributed by atoms with Gasteiger partial charge < -0.3 is 9.68 Å². The first-order chi connectivity index (χ1) is 6.61. The molecule has 0 bridgehead atoms. The smallest absolute Gasteiger partial charge is 0.423 e. The minimum absolute atomic E-state index is 0.106. The Kier molecular flexibility index (Phi) is 4.13. The van der Waals surface area contributed by atoms with E-state index in [2.05, 4.69) is 0 Å². The van der Waals surface area contributed by atoms with Gasteiger partial charge in [-0.15, -0.1) is 0 Å². The van der Waals surface area contributed by atoms with Gasteiger partial charge in [-0.1, -0.05) is 30.3 Å². The fourth-order valence-corrected chi connectivity index (χ4v) is 1.00. The van der Waals surface area contributed by atoms with E-state index in [4.69, 9.17) is 4.65 Å². The Morgan fingerprint density at radius 1 is 1.29 bits per heavy atom. The predicted octanol–water partition coefficient (Wildman–Crippen LogP) is 0.298. The van der Waals surface area contributed by atoms with E-state index in [9.17, 15) is 5.02 Å². The number of rotatable bonds is 4. The van der Waals surface area contributed by atoms with Crippen LogP contribution in [0.15, 0.2) is 30.3 Å². The Morgan fingerprint density at radius 3 is 2.36 bits per heavy atom. The van der Waals surface area contributed by atoms with Crippen molar-refractivity contribution in [1.82, 2.24) is 4.90 Å². The van der Waals surface area contributed by atoms with Gasteiger partial charge in [-0.05, 0) is 26.5 Å². The summed E-state index contributed by atoms with van der Waals surface area (Å²) in [5.74, 6) is 0. The third-order valence-electron chi connectivity index (χ3n) is 2.14. The summed E-state index contributed by atoms with van der Waals surface area (Å²) in [6.07, 6.45) is -0.106. The predicted molar refractivity (Wildman–Crippen MR) is 58.3 cm³/mol. The molecule has 0 heterocycles. The van der Waals surface area contributed by atoms with Gasteiger partial charge in [0.1, 0.15) is 0 Å². The summed E-state index contributed by atoms with van der Waals surface area (Å²) in [6.45, 7) is 1.90. The maximum atomic E-state index is 9.69. The first kappa shape index (κ1) is 11.2. The summed E-state index contributed by atoms with van der Waals surface area (Å²) in [5, 5.41) is 9.69. The molecule has 1 N–H and O–H groups in total. The van der Waals surface area contributed by atoms with E-state index in [-0.39, 0.29) is 6.23 Å². The van der Waals surface area contributed by atoms with Crippen LogP contribution in [0.5, 0.6) is 0 Å². The highest BCUT2D eigenvalue weighted by Gasteiger charge is 2.19. The van der Waals surface area contributed by atoms with Crippen molar-refractivity contribution in [1.29, 1.82) is 0 Å². The molecule has 3 nitrogen and oxygen atoms in total. The van der Waals surface area contributed by atoms with Gasteiger partial charge in [0.2, 0.25) is 0 Å². The van der Waals surface area contributed by atoms with Crippen LogP contribution in [0.1, 0.15) is 6.92 Å². The Balaban J connectivity index is 2.55. The molecule has 1 unspecified atom stereocenters. The van der Waals surface area contributed by atoms with Gasteiger partial charge in [-0.3, -0.25) is 4.90 Å². The van der Waals surface area contributed by atoms with Crippen molar-refractivity contribution in [2.24, 2.45) is 0 Å². The molecule has 0 aromatic heterocycles. The van der Waals surface area contributed by atoms with Gasteiger partial charge in [0.15, 0.2) is 0 Å². The van der Waals surface area contributed by atoms with Crippen LogP contribution in [-0.2, 0) is 4.65 Å². The van der Waals surface area contributed by atoms with Gasteiger partial charge in [-0.25, -0.2) is 0 Å². The molecular weight excluding hydrogens is 177 g/mol. The van der Waals surface area contributed by atoms with Gasteiger partial charge >= 0.3 is 7.12 Å². The van der Waals surface area contributed by atoms with Crippen LogP contribution in [0, 0.1) is 0 Å². The van der Waals surface area contributed by atoms with Crippen LogP contribution < -0.4 is 5.46 Å². The van der Waals surface area contributed by atoms with Crippen molar-refractivity contribution in [2.45, 2.75) is 13.2 Å². The van der Waals surface area contributed by atoms with Gasteiger partial charge in [0, 0.05) is 0 Å². The van der Waals surface area contributed by atoms with E-state index in [1.54, 1.807) is 0 Å². The molecule has 0 fully saturated rings. The second-order valence-corrected chi connectivity index (χ2v) is 3.46. The van der Waals surface area contributed by atoms with Crippen molar-refractivity contribution in [3.05, 3.63) is 30.3 Å². The Hall–Kier alpha value is -0.835. The molecule has 1 atom stereocenters. The molecule has 0 spiro atoms. The molecule has 0 saturated carbocycles. The van der Waals surface area contributed by atoms with Gasteiger partial charge in [0.25, 0.3) is 0 Å². The highest BCUT2D eigenvalue weighted by atomic mass is 16.5. The average Bonchev–Trinajstić information content (AvgIpc) is 2.19. The molecule has 0 saturated heterocycles. The molecule has 0 aliphatic rings. The third kappa shape index (κ3) is 3.14. The SMILES string of the molecule is CC(OB(O)c1ccccc1)N(C)C. The number of nitrogens with zero attached hydrogens (tertiary/aromatic N) is 1. The van der Waals surface area contributed by atoms with E-state index in [1.165, 1.54) is 0 Å². The van der Waals surface area contributed by atoms with E-state index in [1.807, 2.05) is 56.3 Å². The lowest BCUT2D eigenvalue weighted by atomic mass is 9.79. The van der Waals surface area contributed by atoms with Crippen molar-refractivity contribution >= 4 is 12.6 Å². The average molecular weight is 193 g/mol. The molecule has 76 valence electrons. The zero-order valence-corrected chi connectivity index (χ0v) is 8.84. The standard InChI is InChI=1S/C10H16BNO2/c1-9(12(2)3)14-11(13)10-7-5-4-6-8-10/h4-9,13H,1-3H3. The minimum atomic E-state index is -0.853. The highest BCUT2D eigenvalue weighted by Crippen LogP contribution is 1.96. The summed E-state index contributed by atoms with van der Waals surface area (Å²) < 4.78 is 5.38. The van der Waals surface area contributed by atoms with Crippen molar-refractivity contribution < 1.29 is 9.68 Å². The Bertz CT molecular complexity index is 266. The number of hydrogen-bond donors (Lipinski definition) is 1. The second kappa shape index (κ2) is 5.15. The maximum Gasteiger partial charge on any atom is 0.492 e. The fourth-order valence-electron chi connectivity index (χ4n) is 1.00. The molecule has 1 rings (SSSR count). The van der Waals surface area contributed by atoms with Crippen LogP contribution in [0.3, 0.4) is 0 Å². The molecule has 0 radical (unpaired) electrons. The lowest BCUT2D eigenvalue weighted by Gasteiger charge is -2.22. The summed E-state index contributed by atoms with van der Waals surface area (Å²) in [5.41, 5.74) is 0.779. The first-order valence-electron chi connectivity index (χ1n) is 4.66. The Labute approximate surface area is 85.5 Å². The lowest BCUT2D eigenvalue weighted by molar-refractivity contribution is 0.0650. The Morgan fingerprint density at radius 2 is 1.86 bits per heavy atom. The van der Waals surface area contributed by atoms with E-state index >= 15 is 0 Å². The normalized spacial score (nSPS) is 12.9. The third-order valence-corrected chi connectivity index (χ3v) is 2.14. The number of benzene rings is 1. The first-order valence-corrected chi connectivity index (χ1v) is 4.66. The quantitative estimate of drug-likeness (QED) is 0.551. The molecule has 4 heteroatoms. The van der Waals surface area contributed by atoms with Crippen LogP contribution in [0.2, 0.25) is 0 Å². The topological polar surface area (TPSA) is 32.7 Å². The zero-order valence-electron chi connectivity index (χ0n) is 8.84. The van der Waals surface area contributed by atoms with E-state index < -0.39 is 7.12 Å². The largest absolute Gasteiger partial charge is 0.492 e. The van der Waals surface area contributed by atoms with Crippen molar-refractivity contribution in [2.75, 3.05) is 14.1 Å². The summed E-state index contributed by atoms with van der Waals surface area (Å²) >= 11 is 0. The lowest BCUT2D eigenvalue weighted by Crippen LogP contribution is -2.41. The fraction of sp³-hybridized carbons (Fsp3) is 0.400. The van der Waals surface area contributed by atoms with Crippen LogP contribution in [0.4, 0.5) is 0 Å². The summed E-state index contributed by atoms with van der Waals surface area (Å²) in [4.78, 5) is 1.90. The van der Waals surface area contributed by atoms with E-state index in [0.29, 0.717) is 0 Å². The minimum Gasteiger partial charge on any atom is -0.423 e. The zero-order chi connectivity index (χ0) is 10.6. The second-order valence-electron chi connectivity index (χ2n) is 3.46. The highest BCUT2D eigenvalue weighted by molar-refractivity contribution is 6.59. The molecule has 1 aromatic rings. The van der Waals surface area contributed by atoms with Crippen LogP contribution in [0.25, 0.3) is 0 Å². The van der Waals surface area contributed by atoms with E-state index in [0.717, 1.165) is 5.46 Å². The van der Waals surface area contributed by atoms with Crippen molar-refractivity contribution in [3.63, 3.8) is 0 Å². The van der Waals surface area contributed by atoms with Crippen molar-refractivity contribution in [3.8, 4) is 0 Å².